The zero-order valence-electron chi connectivity index (χ0n) is 6.21. The molecule has 0 saturated carbocycles. The Kier molecular flexibility index (Phi) is 6.75. The molecule has 0 N–H and O–H groups in total. The molecule has 0 heterocycles. The molecule has 0 fully saturated rings. The largest absolute Gasteiger partial charge is 0.872 e. The summed E-state index contributed by atoms with van der Waals surface area (Å²) >= 11 is 1.97. The van der Waals surface area contributed by atoms with E-state index < -0.39 is 0 Å². The Morgan fingerprint density at radius 1 is 1.30 bits per heavy atom. The minimum Gasteiger partial charge on any atom is -0.872 e. The van der Waals surface area contributed by atoms with Gasteiger partial charge in [-0.05, 0) is 0 Å². The van der Waals surface area contributed by atoms with Crippen LogP contribution in [0.5, 0.6) is 5.75 Å². The third-order valence-corrected chi connectivity index (χ3v) is 0.743. The van der Waals surface area contributed by atoms with Gasteiger partial charge in [0.25, 0.3) is 0 Å². The van der Waals surface area contributed by atoms with E-state index in [0.717, 1.165) is 0 Å². The summed E-state index contributed by atoms with van der Waals surface area (Å²) in [7, 11) is 0. The molecule has 0 aliphatic rings. The number of rotatable bonds is 0. The fourth-order valence-corrected chi connectivity index (χ4v) is 0.420. The van der Waals surface area contributed by atoms with Gasteiger partial charge in [-0.2, -0.15) is 0 Å². The summed E-state index contributed by atoms with van der Waals surface area (Å²) in [5, 5.41) is 10.3. The third-order valence-electron chi connectivity index (χ3n) is 0.743. The molecule has 0 aromatic heterocycles. The maximum Gasteiger partial charge on any atom is -0.0623 e. The van der Waals surface area contributed by atoms with Gasteiger partial charge < -0.3 is 5.11 Å². The average molecular weight is 146 g/mol. The van der Waals surface area contributed by atoms with Gasteiger partial charge in [-0.1, -0.05) is 30.3 Å². The van der Waals surface area contributed by atoms with Gasteiger partial charge in [0, 0.05) is 0 Å². The molecule has 0 amide bonds. The zero-order valence-corrected chi connectivity index (χ0v) is 7.62. The van der Waals surface area contributed by atoms with Crippen molar-refractivity contribution in [2.45, 2.75) is 11.5 Å². The molecule has 50 valence electrons. The summed E-state index contributed by atoms with van der Waals surface area (Å²) < 4.78 is 1.28. The predicted molar refractivity (Wildman–Crippen MR) is 42.1 cm³/mol. The van der Waals surface area contributed by atoms with E-state index >= 15 is 0 Å². The van der Waals surface area contributed by atoms with E-state index in [-0.39, 0.29) is 5.75 Å². The van der Waals surface area contributed by atoms with Crippen LogP contribution in [0.15, 0.2) is 30.3 Å². The number of hydrogen-bond acceptors (Lipinski definition) is 1. The first-order valence-electron chi connectivity index (χ1n) is 3.32. The van der Waals surface area contributed by atoms with Crippen molar-refractivity contribution in [3.05, 3.63) is 30.3 Å². The van der Waals surface area contributed by atoms with Crippen molar-refractivity contribution < 1.29 is 5.11 Å². The first kappa shape index (κ1) is 9.79. The molecule has 0 atom stereocenters. The maximum absolute atomic E-state index is 10.3. The van der Waals surface area contributed by atoms with Gasteiger partial charge in [-0.3, -0.25) is 0 Å². The fraction of sp³-hybridized carbons (Fsp3) is 0.250. The minimum atomic E-state index is 0.0718. The number of para-hydroxylation sites is 1. The van der Waals surface area contributed by atoms with E-state index in [1.165, 1.54) is 16.7 Å². The Bertz CT molecular complexity index is 151. The first-order valence-corrected chi connectivity index (χ1v) is 4.32. The molecule has 1 aromatic carbocycles. The van der Waals surface area contributed by atoms with Gasteiger partial charge in [0.05, 0.1) is 0 Å². The van der Waals surface area contributed by atoms with Crippen molar-refractivity contribution in [3.8, 4) is 5.75 Å². The summed E-state index contributed by atoms with van der Waals surface area (Å²) in [6, 6.07) is 8.33. The van der Waals surface area contributed by atoms with E-state index in [9.17, 15) is 5.11 Å². The Labute approximate surface area is 74.5 Å². The van der Waals surface area contributed by atoms with E-state index in [1.54, 1.807) is 12.1 Å². The van der Waals surface area contributed by atoms with Gasteiger partial charge in [0.15, 0.2) is 0 Å². The van der Waals surface area contributed by atoms with Crippen molar-refractivity contribution in [2.75, 3.05) is 0 Å². The van der Waals surface area contributed by atoms with Crippen molar-refractivity contribution >= 4 is 21.7 Å². The van der Waals surface area contributed by atoms with Crippen LogP contribution in [-0.4, -0.2) is 21.7 Å². The molecule has 0 spiro atoms. The second-order valence-electron chi connectivity index (χ2n) is 1.81. The predicted octanol–water partition coefficient (Wildman–Crippen LogP) is 1.35. The second-order valence-corrected chi connectivity index (χ2v) is 2.81. The molecular weight excluding hydrogens is 136 g/mol. The van der Waals surface area contributed by atoms with Crippen LogP contribution >= 0.6 is 0 Å². The maximum atomic E-state index is 10.3. The zero-order chi connectivity index (χ0) is 7.82. The molecule has 0 saturated heterocycles. The van der Waals surface area contributed by atoms with E-state index in [1.807, 2.05) is 27.8 Å². The normalized spacial score (nSPS) is 7.90. The van der Waals surface area contributed by atoms with Gasteiger partial charge >= 0.3 is 33.2 Å². The summed E-state index contributed by atoms with van der Waals surface area (Å²) in [4.78, 5) is 0. The summed E-state index contributed by atoms with van der Waals surface area (Å²) in [6.45, 7) is 2.14. The van der Waals surface area contributed by atoms with Crippen LogP contribution in [0.1, 0.15) is 6.92 Å². The summed E-state index contributed by atoms with van der Waals surface area (Å²) in [5.41, 5.74) is 0. The monoisotopic (exact) mass is 146 g/mol. The molecule has 1 nitrogen and oxygen atoms in total. The van der Waals surface area contributed by atoms with Crippen LogP contribution < -0.4 is 5.11 Å². The van der Waals surface area contributed by atoms with E-state index in [0.29, 0.717) is 0 Å². The van der Waals surface area contributed by atoms with Gasteiger partial charge in [-0.25, -0.2) is 0 Å². The van der Waals surface area contributed by atoms with Crippen molar-refractivity contribution in [3.63, 3.8) is 0 Å². The quantitative estimate of drug-likeness (QED) is 0.507. The Balaban J connectivity index is 0.000000236. The molecule has 0 radical (unpaired) electrons. The topological polar surface area (TPSA) is 23.1 Å². The van der Waals surface area contributed by atoms with Gasteiger partial charge in [-0.15, -0.1) is 5.75 Å². The number of hydrogen-bond donors (Lipinski definition) is 0. The minimum absolute atomic E-state index is 0.0718. The molecule has 0 aliphatic carbocycles. The Morgan fingerprint density at radius 3 is 1.90 bits per heavy atom. The van der Waals surface area contributed by atoms with Crippen LogP contribution in [0.25, 0.3) is 0 Å². The standard InChI is InChI=1S/C6H6O.C2H5.Mg/c7-6-4-2-1-3-5-6;1-2;/h1-5,7H;1H2,2H3;/q;;+1/p-1. The van der Waals surface area contributed by atoms with Crippen LogP contribution in [0.3, 0.4) is 0 Å². The molecule has 0 aliphatic heterocycles. The average Bonchev–Trinajstić information content (AvgIpc) is 1.91. The van der Waals surface area contributed by atoms with Crippen LogP contribution in [-0.2, 0) is 0 Å². The fourth-order valence-electron chi connectivity index (χ4n) is 0.420. The van der Waals surface area contributed by atoms with Gasteiger partial charge in [0.1, 0.15) is 0 Å². The van der Waals surface area contributed by atoms with Crippen molar-refractivity contribution in [1.82, 2.24) is 0 Å². The number of benzene rings is 1. The van der Waals surface area contributed by atoms with Crippen molar-refractivity contribution in [1.29, 1.82) is 0 Å². The van der Waals surface area contributed by atoms with Crippen molar-refractivity contribution in [2.24, 2.45) is 0 Å². The molecule has 2 heteroatoms. The van der Waals surface area contributed by atoms with Crippen LogP contribution in [0.2, 0.25) is 4.55 Å². The smallest absolute Gasteiger partial charge is 0.0623 e. The summed E-state index contributed by atoms with van der Waals surface area (Å²) in [5.74, 6) is 0.0718. The molecule has 0 bridgehead atoms. The first-order chi connectivity index (χ1) is 4.81. The SMILES string of the molecule is C[CH2][Mg+].[O-]c1ccccc1. The van der Waals surface area contributed by atoms with Crippen LogP contribution in [0, 0.1) is 0 Å². The van der Waals surface area contributed by atoms with E-state index in [4.69, 9.17) is 0 Å². The second kappa shape index (κ2) is 6.90. The van der Waals surface area contributed by atoms with Crippen LogP contribution in [0.4, 0.5) is 0 Å². The Hall–Kier alpha value is -0.214. The molecule has 0 unspecified atom stereocenters. The third kappa shape index (κ3) is 5.91. The molecular formula is C8H10MgO. The van der Waals surface area contributed by atoms with E-state index in [2.05, 4.69) is 6.92 Å². The Morgan fingerprint density at radius 2 is 1.70 bits per heavy atom. The summed E-state index contributed by atoms with van der Waals surface area (Å²) in [6.07, 6.45) is 0. The molecule has 1 rings (SSSR count). The van der Waals surface area contributed by atoms with Gasteiger partial charge in [0.2, 0.25) is 0 Å². The molecule has 1 aromatic rings. The molecule has 10 heavy (non-hydrogen) atoms.